The lowest BCUT2D eigenvalue weighted by atomic mass is 10.1. The first-order valence-electron chi connectivity index (χ1n) is 6.14. The molecule has 3 N–H and O–H groups in total. The fraction of sp³-hybridized carbons (Fsp3) is 0.833. The summed E-state index contributed by atoms with van der Waals surface area (Å²) in [5.74, 6) is -0.293. The minimum atomic E-state index is -0.950. The first-order chi connectivity index (χ1) is 8.62. The van der Waals surface area contributed by atoms with Crippen LogP contribution in [-0.4, -0.2) is 47.1 Å². The SMILES string of the molecule is CCCCCCCC(=O)OCC(O)CO.O=CO. The van der Waals surface area contributed by atoms with Gasteiger partial charge < -0.3 is 20.1 Å². The first-order valence-corrected chi connectivity index (χ1v) is 6.14. The minimum Gasteiger partial charge on any atom is -0.483 e. The van der Waals surface area contributed by atoms with Crippen molar-refractivity contribution in [2.45, 2.75) is 51.6 Å². The highest BCUT2D eigenvalue weighted by Crippen LogP contribution is 2.05. The van der Waals surface area contributed by atoms with Gasteiger partial charge in [-0.15, -0.1) is 0 Å². The van der Waals surface area contributed by atoms with Gasteiger partial charge in [-0.1, -0.05) is 32.6 Å². The molecular weight excluding hydrogens is 240 g/mol. The smallest absolute Gasteiger partial charge is 0.305 e. The van der Waals surface area contributed by atoms with Crippen LogP contribution >= 0.6 is 0 Å². The predicted molar refractivity (Wildman–Crippen MR) is 66.1 cm³/mol. The Kier molecular flexibility index (Phi) is 16.9. The zero-order valence-electron chi connectivity index (χ0n) is 10.9. The molecule has 6 heteroatoms. The molecule has 0 aromatic rings. The molecule has 18 heavy (non-hydrogen) atoms. The van der Waals surface area contributed by atoms with Gasteiger partial charge in [-0.3, -0.25) is 9.59 Å². The summed E-state index contributed by atoms with van der Waals surface area (Å²) < 4.78 is 4.75. The van der Waals surface area contributed by atoms with Crippen LogP contribution in [-0.2, 0) is 14.3 Å². The number of ether oxygens (including phenoxy) is 1. The second kappa shape index (κ2) is 15.9. The van der Waals surface area contributed by atoms with E-state index in [1.54, 1.807) is 0 Å². The quantitative estimate of drug-likeness (QED) is 0.325. The highest BCUT2D eigenvalue weighted by atomic mass is 16.5. The number of rotatable bonds is 9. The fourth-order valence-electron chi connectivity index (χ4n) is 1.19. The lowest BCUT2D eigenvalue weighted by molar-refractivity contribution is -0.147. The average Bonchev–Trinajstić information content (AvgIpc) is 2.36. The molecule has 0 bridgehead atoms. The number of esters is 1. The van der Waals surface area contributed by atoms with Crippen LogP contribution in [0.25, 0.3) is 0 Å². The Balaban J connectivity index is 0. The molecule has 0 heterocycles. The van der Waals surface area contributed by atoms with Crippen molar-refractivity contribution in [1.82, 2.24) is 0 Å². The van der Waals surface area contributed by atoms with Crippen molar-refractivity contribution < 1.29 is 29.6 Å². The topological polar surface area (TPSA) is 104 Å². The fourth-order valence-corrected chi connectivity index (χ4v) is 1.19. The Hall–Kier alpha value is -1.14. The van der Waals surface area contributed by atoms with Crippen LogP contribution in [0.4, 0.5) is 0 Å². The minimum absolute atomic E-state index is 0.107. The van der Waals surface area contributed by atoms with Crippen LogP contribution in [0.5, 0.6) is 0 Å². The van der Waals surface area contributed by atoms with E-state index in [2.05, 4.69) is 6.92 Å². The van der Waals surface area contributed by atoms with E-state index in [9.17, 15) is 4.79 Å². The number of hydrogen-bond donors (Lipinski definition) is 3. The van der Waals surface area contributed by atoms with Gasteiger partial charge in [-0.2, -0.15) is 0 Å². The van der Waals surface area contributed by atoms with E-state index in [0.29, 0.717) is 6.42 Å². The van der Waals surface area contributed by atoms with Crippen LogP contribution in [0.2, 0.25) is 0 Å². The molecule has 0 radical (unpaired) electrons. The van der Waals surface area contributed by atoms with Gasteiger partial charge in [0.25, 0.3) is 6.47 Å². The number of unbranched alkanes of at least 4 members (excludes halogenated alkanes) is 4. The van der Waals surface area contributed by atoms with Crippen molar-refractivity contribution in [2.75, 3.05) is 13.2 Å². The number of carboxylic acid groups (broad SMARTS) is 1. The van der Waals surface area contributed by atoms with E-state index < -0.39 is 6.10 Å². The third-order valence-electron chi connectivity index (χ3n) is 2.13. The van der Waals surface area contributed by atoms with Gasteiger partial charge >= 0.3 is 5.97 Å². The van der Waals surface area contributed by atoms with Crippen LogP contribution in [0.15, 0.2) is 0 Å². The number of carbonyl (C=O) groups is 2. The van der Waals surface area contributed by atoms with Crippen LogP contribution in [0.1, 0.15) is 45.4 Å². The number of hydrogen-bond acceptors (Lipinski definition) is 5. The molecule has 0 spiro atoms. The first kappa shape index (κ1) is 19.2. The molecule has 0 aliphatic carbocycles. The van der Waals surface area contributed by atoms with Crippen LogP contribution in [0.3, 0.4) is 0 Å². The van der Waals surface area contributed by atoms with E-state index in [-0.39, 0.29) is 25.7 Å². The zero-order valence-corrected chi connectivity index (χ0v) is 10.9. The summed E-state index contributed by atoms with van der Waals surface area (Å²) in [5, 5.41) is 24.3. The van der Waals surface area contributed by atoms with Gasteiger partial charge in [-0.05, 0) is 6.42 Å². The summed E-state index contributed by atoms with van der Waals surface area (Å²) in [6.07, 6.45) is 4.89. The molecule has 0 fully saturated rings. The monoisotopic (exact) mass is 264 g/mol. The molecular formula is C12H24O6. The summed E-state index contributed by atoms with van der Waals surface area (Å²) in [6, 6.07) is 0. The Labute approximate surface area is 108 Å². The van der Waals surface area contributed by atoms with Crippen LogP contribution < -0.4 is 0 Å². The number of carbonyl (C=O) groups excluding carboxylic acids is 1. The van der Waals surface area contributed by atoms with Gasteiger partial charge in [-0.25, -0.2) is 0 Å². The second-order valence-electron chi connectivity index (χ2n) is 3.79. The van der Waals surface area contributed by atoms with Gasteiger partial charge in [0.2, 0.25) is 0 Å². The molecule has 0 aromatic carbocycles. The van der Waals surface area contributed by atoms with E-state index in [4.69, 9.17) is 24.9 Å². The van der Waals surface area contributed by atoms with E-state index in [0.717, 1.165) is 19.3 Å². The molecule has 0 aliphatic heterocycles. The van der Waals surface area contributed by atoms with Gasteiger partial charge in [0, 0.05) is 6.42 Å². The maximum Gasteiger partial charge on any atom is 0.305 e. The Morgan fingerprint density at radius 1 is 1.28 bits per heavy atom. The lowest BCUT2D eigenvalue weighted by Crippen LogP contribution is -2.21. The third-order valence-corrected chi connectivity index (χ3v) is 2.13. The van der Waals surface area contributed by atoms with Crippen LogP contribution in [0, 0.1) is 0 Å². The Morgan fingerprint density at radius 3 is 2.33 bits per heavy atom. The summed E-state index contributed by atoms with van der Waals surface area (Å²) in [5.41, 5.74) is 0. The molecule has 0 aromatic heterocycles. The summed E-state index contributed by atoms with van der Waals surface area (Å²) in [7, 11) is 0. The molecule has 1 atom stereocenters. The summed E-state index contributed by atoms with van der Waals surface area (Å²) in [4.78, 5) is 19.4. The molecule has 0 saturated carbocycles. The van der Waals surface area contributed by atoms with E-state index in [1.807, 2.05) is 0 Å². The van der Waals surface area contributed by atoms with Crippen molar-refractivity contribution in [3.05, 3.63) is 0 Å². The van der Waals surface area contributed by atoms with Crippen molar-refractivity contribution in [1.29, 1.82) is 0 Å². The number of aliphatic hydroxyl groups excluding tert-OH is 2. The molecule has 0 aliphatic rings. The summed E-state index contributed by atoms with van der Waals surface area (Å²) in [6.45, 7) is 1.42. The average molecular weight is 264 g/mol. The zero-order chi connectivity index (χ0) is 14.2. The van der Waals surface area contributed by atoms with E-state index >= 15 is 0 Å². The highest BCUT2D eigenvalue weighted by Gasteiger charge is 2.06. The van der Waals surface area contributed by atoms with E-state index in [1.165, 1.54) is 12.8 Å². The Morgan fingerprint density at radius 2 is 1.83 bits per heavy atom. The predicted octanol–water partition coefficient (Wildman–Crippen LogP) is 0.944. The largest absolute Gasteiger partial charge is 0.483 e. The molecule has 0 rings (SSSR count). The van der Waals surface area contributed by atoms with Gasteiger partial charge in [0.1, 0.15) is 12.7 Å². The van der Waals surface area contributed by atoms with Crippen molar-refractivity contribution in [3.63, 3.8) is 0 Å². The Bertz CT molecular complexity index is 195. The third kappa shape index (κ3) is 17.3. The maximum atomic E-state index is 11.1. The maximum absolute atomic E-state index is 11.1. The summed E-state index contributed by atoms with van der Waals surface area (Å²) >= 11 is 0. The molecule has 108 valence electrons. The van der Waals surface area contributed by atoms with Gasteiger partial charge in [0.15, 0.2) is 0 Å². The molecule has 0 amide bonds. The second-order valence-corrected chi connectivity index (χ2v) is 3.79. The van der Waals surface area contributed by atoms with Crippen molar-refractivity contribution in [3.8, 4) is 0 Å². The normalized spacial score (nSPS) is 11.1. The molecule has 1 unspecified atom stereocenters. The number of aliphatic hydroxyl groups is 2. The molecule has 0 saturated heterocycles. The molecule has 6 nitrogen and oxygen atoms in total. The standard InChI is InChI=1S/C11H22O4.CH2O2/c1-2-3-4-5-6-7-11(14)15-9-10(13)8-12;2-1-3/h10,12-13H,2-9H2,1H3;1H,(H,2,3). The van der Waals surface area contributed by atoms with Crippen molar-refractivity contribution >= 4 is 12.4 Å². The highest BCUT2D eigenvalue weighted by molar-refractivity contribution is 5.69. The van der Waals surface area contributed by atoms with Crippen molar-refractivity contribution in [2.24, 2.45) is 0 Å². The van der Waals surface area contributed by atoms with Gasteiger partial charge in [0.05, 0.1) is 6.61 Å². The lowest BCUT2D eigenvalue weighted by Gasteiger charge is -2.08.